The Balaban J connectivity index is 1.55. The van der Waals surface area contributed by atoms with E-state index in [1.54, 1.807) is 13.3 Å². The van der Waals surface area contributed by atoms with Crippen LogP contribution >= 0.6 is 0 Å². The van der Waals surface area contributed by atoms with Gasteiger partial charge in [-0.3, -0.25) is 9.89 Å². The summed E-state index contributed by atoms with van der Waals surface area (Å²) in [6.07, 6.45) is 3.61. The molecule has 3 N–H and O–H groups in total. The zero-order valence-corrected chi connectivity index (χ0v) is 15.1. The van der Waals surface area contributed by atoms with E-state index in [0.717, 1.165) is 33.3 Å². The molecule has 4 aromatic rings. The van der Waals surface area contributed by atoms with Crippen LogP contribution in [0.2, 0.25) is 0 Å². The molecule has 0 aliphatic heterocycles. The van der Waals surface area contributed by atoms with Crippen LogP contribution in [0.4, 0.5) is 0 Å². The van der Waals surface area contributed by atoms with Gasteiger partial charge in [0, 0.05) is 22.7 Å². The fraction of sp³-hybridized carbons (Fsp3) is 0.143. The summed E-state index contributed by atoms with van der Waals surface area (Å²) in [6.45, 7) is 1.95. The van der Waals surface area contributed by atoms with Gasteiger partial charge in [0.05, 0.1) is 19.3 Å². The van der Waals surface area contributed by atoms with Crippen LogP contribution in [0.3, 0.4) is 0 Å². The molecule has 0 fully saturated rings. The van der Waals surface area contributed by atoms with Gasteiger partial charge in [-0.25, -0.2) is 0 Å². The lowest BCUT2D eigenvalue weighted by Crippen LogP contribution is -2.26. The van der Waals surface area contributed by atoms with E-state index in [1.807, 2.05) is 61.7 Å². The maximum absolute atomic E-state index is 12.7. The highest BCUT2D eigenvalue weighted by atomic mass is 16.5. The third kappa shape index (κ3) is 3.42. The molecule has 0 spiro atoms. The SMILES string of the molecule is COc1cccc([C@H](C)NC(=O)c2cc3ccc(-c4cn[nH]c4)cc3[nH]2)c1. The second-order valence-corrected chi connectivity index (χ2v) is 6.44. The number of fused-ring (bicyclic) bond motifs is 1. The normalized spacial score (nSPS) is 12.1. The predicted molar refractivity (Wildman–Crippen MR) is 105 cm³/mol. The number of hydrogen-bond donors (Lipinski definition) is 3. The van der Waals surface area contributed by atoms with E-state index in [1.165, 1.54) is 0 Å². The highest BCUT2D eigenvalue weighted by Crippen LogP contribution is 2.24. The van der Waals surface area contributed by atoms with Crippen LogP contribution in [0.5, 0.6) is 5.75 Å². The number of aromatic nitrogens is 3. The van der Waals surface area contributed by atoms with Crippen LogP contribution in [0, 0.1) is 0 Å². The molecule has 27 heavy (non-hydrogen) atoms. The monoisotopic (exact) mass is 360 g/mol. The van der Waals surface area contributed by atoms with Gasteiger partial charge in [-0.15, -0.1) is 0 Å². The number of nitrogens with zero attached hydrogens (tertiary/aromatic N) is 1. The minimum Gasteiger partial charge on any atom is -0.497 e. The second kappa shape index (κ2) is 6.99. The molecule has 0 aliphatic carbocycles. The molecular weight excluding hydrogens is 340 g/mol. The van der Waals surface area contributed by atoms with Gasteiger partial charge in [-0.05, 0) is 42.3 Å². The summed E-state index contributed by atoms with van der Waals surface area (Å²) >= 11 is 0. The van der Waals surface area contributed by atoms with Gasteiger partial charge in [0.15, 0.2) is 0 Å². The van der Waals surface area contributed by atoms with Crippen molar-refractivity contribution in [2.75, 3.05) is 7.11 Å². The minimum atomic E-state index is -0.147. The van der Waals surface area contributed by atoms with Crippen molar-refractivity contribution in [1.29, 1.82) is 0 Å². The Morgan fingerprint density at radius 1 is 1.15 bits per heavy atom. The lowest BCUT2D eigenvalue weighted by Gasteiger charge is -2.14. The van der Waals surface area contributed by atoms with Crippen LogP contribution in [0.15, 0.2) is 60.9 Å². The van der Waals surface area contributed by atoms with Crippen molar-refractivity contribution in [1.82, 2.24) is 20.5 Å². The van der Waals surface area contributed by atoms with E-state index in [2.05, 4.69) is 20.5 Å². The van der Waals surface area contributed by atoms with E-state index in [-0.39, 0.29) is 11.9 Å². The molecule has 6 heteroatoms. The van der Waals surface area contributed by atoms with E-state index in [0.29, 0.717) is 5.69 Å². The Morgan fingerprint density at radius 3 is 2.81 bits per heavy atom. The topological polar surface area (TPSA) is 82.8 Å². The number of benzene rings is 2. The van der Waals surface area contributed by atoms with Crippen molar-refractivity contribution in [2.45, 2.75) is 13.0 Å². The van der Waals surface area contributed by atoms with E-state index < -0.39 is 0 Å². The number of H-pyrrole nitrogens is 2. The quantitative estimate of drug-likeness (QED) is 0.502. The average molecular weight is 360 g/mol. The predicted octanol–water partition coefficient (Wildman–Crippen LogP) is 4.06. The Labute approximate surface area is 156 Å². The number of rotatable bonds is 5. The van der Waals surface area contributed by atoms with E-state index in [4.69, 9.17) is 4.74 Å². The van der Waals surface area contributed by atoms with Crippen LogP contribution in [0.25, 0.3) is 22.0 Å². The summed E-state index contributed by atoms with van der Waals surface area (Å²) < 4.78 is 5.25. The number of aromatic amines is 2. The maximum atomic E-state index is 12.7. The lowest BCUT2D eigenvalue weighted by atomic mass is 10.1. The Morgan fingerprint density at radius 2 is 2.04 bits per heavy atom. The summed E-state index contributed by atoms with van der Waals surface area (Å²) in [5.74, 6) is 0.623. The van der Waals surface area contributed by atoms with Crippen LogP contribution < -0.4 is 10.1 Å². The largest absolute Gasteiger partial charge is 0.497 e. The molecule has 6 nitrogen and oxygen atoms in total. The number of ether oxygens (including phenoxy) is 1. The van der Waals surface area contributed by atoms with Gasteiger partial charge in [0.1, 0.15) is 11.4 Å². The number of carbonyl (C=O) groups is 1. The number of nitrogens with one attached hydrogen (secondary N) is 3. The Hall–Kier alpha value is -3.54. The van der Waals surface area contributed by atoms with Crippen LogP contribution in [-0.4, -0.2) is 28.2 Å². The van der Waals surface area contributed by atoms with Gasteiger partial charge < -0.3 is 15.0 Å². The van der Waals surface area contributed by atoms with Gasteiger partial charge in [-0.1, -0.05) is 24.3 Å². The molecular formula is C21H20N4O2. The lowest BCUT2D eigenvalue weighted by molar-refractivity contribution is 0.0935. The molecule has 0 saturated heterocycles. The van der Waals surface area contributed by atoms with Crippen molar-refractivity contribution in [3.63, 3.8) is 0 Å². The molecule has 2 aromatic carbocycles. The standard InChI is InChI=1S/C21H20N4O2/c1-13(14-4-3-5-18(8-14)27-2)24-21(26)20-10-16-7-6-15(9-19(16)25-20)17-11-22-23-12-17/h3-13,25H,1-2H3,(H,22,23)(H,24,26)/t13-/m0/s1. The molecule has 4 rings (SSSR count). The van der Waals surface area contributed by atoms with Crippen molar-refractivity contribution < 1.29 is 9.53 Å². The van der Waals surface area contributed by atoms with Gasteiger partial charge in [-0.2, -0.15) is 5.10 Å². The molecule has 1 atom stereocenters. The zero-order chi connectivity index (χ0) is 18.8. The first-order valence-electron chi connectivity index (χ1n) is 8.71. The highest BCUT2D eigenvalue weighted by Gasteiger charge is 2.14. The number of amides is 1. The second-order valence-electron chi connectivity index (χ2n) is 6.44. The first-order valence-corrected chi connectivity index (χ1v) is 8.71. The Kier molecular flexibility index (Phi) is 4.38. The summed E-state index contributed by atoms with van der Waals surface area (Å²) in [5.41, 5.74) is 4.47. The van der Waals surface area contributed by atoms with Gasteiger partial charge in [0.25, 0.3) is 5.91 Å². The summed E-state index contributed by atoms with van der Waals surface area (Å²) in [7, 11) is 1.63. The van der Waals surface area contributed by atoms with E-state index in [9.17, 15) is 4.79 Å². The number of methoxy groups -OCH3 is 1. The maximum Gasteiger partial charge on any atom is 0.268 e. The number of hydrogen-bond acceptors (Lipinski definition) is 3. The summed E-state index contributed by atoms with van der Waals surface area (Å²) in [4.78, 5) is 15.9. The van der Waals surface area contributed by atoms with Crippen LogP contribution in [0.1, 0.15) is 29.0 Å². The smallest absolute Gasteiger partial charge is 0.268 e. The van der Waals surface area contributed by atoms with Gasteiger partial charge >= 0.3 is 0 Å². The first-order chi connectivity index (χ1) is 13.1. The first kappa shape index (κ1) is 16.9. The molecule has 0 radical (unpaired) electrons. The van der Waals surface area contributed by atoms with Crippen molar-refractivity contribution in [3.8, 4) is 16.9 Å². The molecule has 2 aromatic heterocycles. The highest BCUT2D eigenvalue weighted by molar-refractivity contribution is 5.99. The minimum absolute atomic E-state index is 0.138. The van der Waals surface area contributed by atoms with Crippen molar-refractivity contribution in [2.24, 2.45) is 0 Å². The molecule has 136 valence electrons. The van der Waals surface area contributed by atoms with E-state index >= 15 is 0 Å². The van der Waals surface area contributed by atoms with Gasteiger partial charge in [0.2, 0.25) is 0 Å². The fourth-order valence-electron chi connectivity index (χ4n) is 3.11. The molecule has 1 amide bonds. The molecule has 0 saturated carbocycles. The summed E-state index contributed by atoms with van der Waals surface area (Å²) in [6, 6.07) is 15.4. The third-order valence-corrected chi connectivity index (χ3v) is 4.64. The Bertz CT molecular complexity index is 1080. The van der Waals surface area contributed by atoms with Crippen molar-refractivity contribution in [3.05, 3.63) is 72.2 Å². The number of carbonyl (C=O) groups excluding carboxylic acids is 1. The van der Waals surface area contributed by atoms with Crippen molar-refractivity contribution >= 4 is 16.8 Å². The molecule has 2 heterocycles. The molecule has 0 aliphatic rings. The fourth-order valence-corrected chi connectivity index (χ4v) is 3.11. The zero-order valence-electron chi connectivity index (χ0n) is 15.1. The summed E-state index contributed by atoms with van der Waals surface area (Å²) in [5, 5.41) is 10.8. The third-order valence-electron chi connectivity index (χ3n) is 4.64. The molecule has 0 bridgehead atoms. The average Bonchev–Trinajstić information content (AvgIpc) is 3.37. The van der Waals surface area contributed by atoms with Crippen LogP contribution in [-0.2, 0) is 0 Å². The molecule has 0 unspecified atom stereocenters.